The van der Waals surface area contributed by atoms with Gasteiger partial charge in [-0.15, -0.1) is 10.2 Å². The van der Waals surface area contributed by atoms with Crippen LogP contribution in [0.15, 0.2) is 64.8 Å². The summed E-state index contributed by atoms with van der Waals surface area (Å²) in [5.74, 6) is 0.587. The fourth-order valence-corrected chi connectivity index (χ4v) is 2.28. The third-order valence-corrected chi connectivity index (χ3v) is 3.40. The number of methoxy groups -OCH3 is 1. The lowest BCUT2D eigenvalue weighted by Crippen LogP contribution is -1.88. The number of benzene rings is 3. The Kier molecular flexibility index (Phi) is 3.62. The van der Waals surface area contributed by atoms with Crippen LogP contribution in [0.5, 0.6) is 5.75 Å². The molecule has 0 spiro atoms. The minimum absolute atomic E-state index is 0.587. The summed E-state index contributed by atoms with van der Waals surface area (Å²) in [6, 6.07) is 16.8. The Bertz CT molecular complexity index is 858. The number of rotatable bonds is 3. The van der Waals surface area contributed by atoms with Crippen LogP contribution in [0.4, 0.5) is 22.7 Å². The van der Waals surface area contributed by atoms with E-state index in [2.05, 4.69) is 10.2 Å². The zero-order valence-electron chi connectivity index (χ0n) is 12.2. The minimum Gasteiger partial charge on any atom is -0.494 e. The fourth-order valence-electron chi connectivity index (χ4n) is 2.28. The van der Waals surface area contributed by atoms with Crippen LogP contribution >= 0.6 is 0 Å². The Labute approximate surface area is 128 Å². The van der Waals surface area contributed by atoms with Gasteiger partial charge in [-0.25, -0.2) is 0 Å². The molecule has 5 nitrogen and oxygen atoms in total. The number of nitrogen functional groups attached to an aromatic ring is 2. The second-order valence-corrected chi connectivity index (χ2v) is 4.85. The molecule has 0 aromatic heterocycles. The van der Waals surface area contributed by atoms with Crippen molar-refractivity contribution in [2.45, 2.75) is 0 Å². The Balaban J connectivity index is 2.05. The molecular weight excluding hydrogens is 276 g/mol. The molecule has 4 N–H and O–H groups in total. The van der Waals surface area contributed by atoms with Crippen molar-refractivity contribution >= 4 is 33.5 Å². The SMILES string of the molecule is COc1cc(N)ccc1N=Nc1ccc(N)c2ccccc12. The molecule has 5 heteroatoms. The topological polar surface area (TPSA) is 86.0 Å². The van der Waals surface area contributed by atoms with E-state index in [0.717, 1.165) is 22.1 Å². The predicted molar refractivity (Wildman–Crippen MR) is 89.9 cm³/mol. The first kappa shape index (κ1) is 13.9. The van der Waals surface area contributed by atoms with E-state index in [-0.39, 0.29) is 0 Å². The van der Waals surface area contributed by atoms with Gasteiger partial charge in [0.05, 0.1) is 12.8 Å². The number of nitrogens with two attached hydrogens (primary N) is 2. The van der Waals surface area contributed by atoms with Gasteiger partial charge in [0.15, 0.2) is 0 Å². The van der Waals surface area contributed by atoms with E-state index in [1.54, 1.807) is 25.3 Å². The van der Waals surface area contributed by atoms with Crippen molar-refractivity contribution in [1.82, 2.24) is 0 Å². The van der Waals surface area contributed by atoms with Gasteiger partial charge in [0.25, 0.3) is 0 Å². The first-order chi connectivity index (χ1) is 10.7. The van der Waals surface area contributed by atoms with Crippen LogP contribution in [0.2, 0.25) is 0 Å². The van der Waals surface area contributed by atoms with Crippen molar-refractivity contribution in [3.05, 3.63) is 54.6 Å². The smallest absolute Gasteiger partial charge is 0.148 e. The number of nitrogens with zero attached hydrogens (tertiary/aromatic N) is 2. The maximum absolute atomic E-state index is 5.99. The molecule has 0 aliphatic heterocycles. The van der Waals surface area contributed by atoms with Crippen LogP contribution in [-0.2, 0) is 0 Å². The molecule has 22 heavy (non-hydrogen) atoms. The van der Waals surface area contributed by atoms with Crippen molar-refractivity contribution in [1.29, 1.82) is 0 Å². The van der Waals surface area contributed by atoms with Crippen molar-refractivity contribution in [3.63, 3.8) is 0 Å². The zero-order valence-corrected chi connectivity index (χ0v) is 12.2. The van der Waals surface area contributed by atoms with Crippen LogP contribution in [0.3, 0.4) is 0 Å². The average molecular weight is 292 g/mol. The second kappa shape index (κ2) is 5.73. The summed E-state index contributed by atoms with van der Waals surface area (Å²) in [6.45, 7) is 0. The predicted octanol–water partition coefficient (Wildman–Crippen LogP) is 4.43. The Hall–Kier alpha value is -3.08. The third kappa shape index (κ3) is 2.56. The number of hydrogen-bond donors (Lipinski definition) is 2. The van der Waals surface area contributed by atoms with E-state index in [1.165, 1.54) is 0 Å². The number of azo groups is 1. The van der Waals surface area contributed by atoms with Gasteiger partial charge < -0.3 is 16.2 Å². The van der Waals surface area contributed by atoms with E-state index >= 15 is 0 Å². The van der Waals surface area contributed by atoms with E-state index in [0.29, 0.717) is 17.1 Å². The fraction of sp³-hybridized carbons (Fsp3) is 0.0588. The molecule has 0 saturated carbocycles. The molecule has 0 radical (unpaired) electrons. The normalized spacial score (nSPS) is 11.1. The summed E-state index contributed by atoms with van der Waals surface area (Å²) in [6.07, 6.45) is 0. The summed E-state index contributed by atoms with van der Waals surface area (Å²) >= 11 is 0. The zero-order chi connectivity index (χ0) is 15.5. The van der Waals surface area contributed by atoms with Gasteiger partial charge in [0, 0.05) is 28.2 Å². The van der Waals surface area contributed by atoms with Crippen LogP contribution < -0.4 is 16.2 Å². The lowest BCUT2D eigenvalue weighted by atomic mass is 10.1. The highest BCUT2D eigenvalue weighted by Gasteiger charge is 2.05. The van der Waals surface area contributed by atoms with Crippen molar-refractivity contribution in [2.75, 3.05) is 18.6 Å². The summed E-state index contributed by atoms with van der Waals surface area (Å²) in [5.41, 5.74) is 14.4. The van der Waals surface area contributed by atoms with Crippen molar-refractivity contribution in [2.24, 2.45) is 10.2 Å². The maximum Gasteiger partial charge on any atom is 0.148 e. The quantitative estimate of drug-likeness (QED) is 0.553. The molecule has 0 heterocycles. The van der Waals surface area contributed by atoms with Gasteiger partial charge >= 0.3 is 0 Å². The van der Waals surface area contributed by atoms with E-state index < -0.39 is 0 Å². The van der Waals surface area contributed by atoms with Gasteiger partial charge in [-0.2, -0.15) is 0 Å². The first-order valence-electron chi connectivity index (χ1n) is 6.81. The minimum atomic E-state index is 0.587. The molecule has 0 saturated heterocycles. The molecule has 110 valence electrons. The molecule has 0 aliphatic rings. The Morgan fingerprint density at radius 3 is 2.27 bits per heavy atom. The highest BCUT2D eigenvalue weighted by molar-refractivity contribution is 5.99. The van der Waals surface area contributed by atoms with Crippen LogP contribution in [0.25, 0.3) is 10.8 Å². The van der Waals surface area contributed by atoms with Crippen LogP contribution in [0.1, 0.15) is 0 Å². The van der Waals surface area contributed by atoms with E-state index in [9.17, 15) is 0 Å². The summed E-state index contributed by atoms with van der Waals surface area (Å²) in [7, 11) is 1.58. The molecule has 0 bridgehead atoms. The highest BCUT2D eigenvalue weighted by atomic mass is 16.5. The summed E-state index contributed by atoms with van der Waals surface area (Å²) in [5, 5.41) is 10.5. The largest absolute Gasteiger partial charge is 0.494 e. The molecule has 0 aliphatic carbocycles. The van der Waals surface area contributed by atoms with Gasteiger partial charge in [-0.3, -0.25) is 0 Å². The average Bonchev–Trinajstić information content (AvgIpc) is 2.55. The first-order valence-corrected chi connectivity index (χ1v) is 6.81. The lowest BCUT2D eigenvalue weighted by molar-refractivity contribution is 0.416. The van der Waals surface area contributed by atoms with E-state index in [4.69, 9.17) is 16.2 Å². The standard InChI is InChI=1S/C17H16N4O/c1-22-17-10-11(18)6-8-16(17)21-20-15-9-7-14(19)12-4-2-3-5-13(12)15/h2-10H,18-19H2,1H3. The molecule has 3 aromatic carbocycles. The van der Waals surface area contributed by atoms with E-state index in [1.807, 2.05) is 36.4 Å². The number of ether oxygens (including phenoxy) is 1. The third-order valence-electron chi connectivity index (χ3n) is 3.40. The highest BCUT2D eigenvalue weighted by Crippen LogP contribution is 2.34. The van der Waals surface area contributed by atoms with Crippen molar-refractivity contribution in [3.8, 4) is 5.75 Å². The lowest BCUT2D eigenvalue weighted by Gasteiger charge is -2.06. The molecule has 3 aromatic rings. The van der Waals surface area contributed by atoms with Gasteiger partial charge in [-0.1, -0.05) is 24.3 Å². The van der Waals surface area contributed by atoms with Crippen molar-refractivity contribution < 1.29 is 4.74 Å². The number of anilines is 2. The number of fused-ring (bicyclic) bond motifs is 1. The van der Waals surface area contributed by atoms with Gasteiger partial charge in [0.2, 0.25) is 0 Å². The molecule has 3 rings (SSSR count). The Morgan fingerprint density at radius 1 is 0.818 bits per heavy atom. The molecule has 0 fully saturated rings. The summed E-state index contributed by atoms with van der Waals surface area (Å²) < 4.78 is 5.27. The van der Waals surface area contributed by atoms with Gasteiger partial charge in [0.1, 0.15) is 11.4 Å². The Morgan fingerprint density at radius 2 is 1.50 bits per heavy atom. The van der Waals surface area contributed by atoms with Crippen LogP contribution in [0, 0.1) is 0 Å². The maximum atomic E-state index is 5.99. The second-order valence-electron chi connectivity index (χ2n) is 4.85. The number of hydrogen-bond acceptors (Lipinski definition) is 5. The molecule has 0 amide bonds. The molecule has 0 unspecified atom stereocenters. The van der Waals surface area contributed by atoms with Gasteiger partial charge in [-0.05, 0) is 24.3 Å². The van der Waals surface area contributed by atoms with Crippen LogP contribution in [-0.4, -0.2) is 7.11 Å². The molecule has 0 atom stereocenters. The summed E-state index contributed by atoms with van der Waals surface area (Å²) in [4.78, 5) is 0. The monoisotopic (exact) mass is 292 g/mol. The molecular formula is C17H16N4O.